The Kier molecular flexibility index (Phi) is 5.77. The molecule has 0 aliphatic rings. The van der Waals surface area contributed by atoms with Gasteiger partial charge < -0.3 is 5.11 Å². The lowest BCUT2D eigenvalue weighted by atomic mass is 10.1. The Labute approximate surface area is 101 Å². The summed E-state index contributed by atoms with van der Waals surface area (Å²) < 4.78 is 0.800. The molecule has 0 aromatic heterocycles. The molecule has 1 aromatic carbocycles. The summed E-state index contributed by atoms with van der Waals surface area (Å²) in [4.78, 5) is 0. The molecular formula is C13H19BrO. The number of aryl methyl sites for hydroxylation is 1. The zero-order chi connectivity index (χ0) is 11.1. The lowest BCUT2D eigenvalue weighted by Crippen LogP contribution is -1.86. The highest BCUT2D eigenvalue weighted by Gasteiger charge is 1.99. The summed E-state index contributed by atoms with van der Waals surface area (Å²) in [5.74, 6) is 0.324. The molecule has 1 aromatic rings. The van der Waals surface area contributed by atoms with Crippen molar-refractivity contribution in [2.75, 3.05) is 0 Å². The van der Waals surface area contributed by atoms with Crippen molar-refractivity contribution < 1.29 is 5.11 Å². The minimum atomic E-state index is 0.324. The molecule has 0 spiro atoms. The average molecular weight is 271 g/mol. The van der Waals surface area contributed by atoms with Crippen LogP contribution in [0, 0.1) is 0 Å². The zero-order valence-electron chi connectivity index (χ0n) is 9.30. The monoisotopic (exact) mass is 270 g/mol. The Balaban J connectivity index is 2.28. The van der Waals surface area contributed by atoms with Gasteiger partial charge in [-0.2, -0.15) is 0 Å². The lowest BCUT2D eigenvalue weighted by molar-refractivity contribution is 0.471. The van der Waals surface area contributed by atoms with Gasteiger partial charge >= 0.3 is 0 Å². The highest BCUT2D eigenvalue weighted by Crippen LogP contribution is 2.25. The Morgan fingerprint density at radius 3 is 2.53 bits per heavy atom. The van der Waals surface area contributed by atoms with E-state index in [1.54, 1.807) is 6.07 Å². The number of unbranched alkanes of at least 4 members (excludes halogenated alkanes) is 4. The molecule has 0 fully saturated rings. The first kappa shape index (κ1) is 12.6. The Bertz CT molecular complexity index is 297. The Morgan fingerprint density at radius 1 is 1.13 bits per heavy atom. The van der Waals surface area contributed by atoms with E-state index < -0.39 is 0 Å². The van der Waals surface area contributed by atoms with E-state index in [2.05, 4.69) is 22.9 Å². The van der Waals surface area contributed by atoms with Gasteiger partial charge in [-0.1, -0.05) is 38.7 Å². The van der Waals surface area contributed by atoms with Crippen LogP contribution in [0.5, 0.6) is 5.75 Å². The summed E-state index contributed by atoms with van der Waals surface area (Å²) in [5, 5.41) is 9.34. The van der Waals surface area contributed by atoms with Gasteiger partial charge in [-0.15, -0.1) is 0 Å². The second-order valence-electron chi connectivity index (χ2n) is 3.95. The number of phenols is 1. The average Bonchev–Trinajstić information content (AvgIpc) is 2.23. The topological polar surface area (TPSA) is 20.2 Å². The standard InChI is InChI=1S/C13H19BrO/c1-2-3-4-5-6-7-11-8-9-13(15)12(14)10-11/h8-10,15H,2-7H2,1H3. The second kappa shape index (κ2) is 6.89. The molecule has 0 radical (unpaired) electrons. The van der Waals surface area contributed by atoms with Crippen LogP contribution in [0.2, 0.25) is 0 Å². The first-order valence-electron chi connectivity index (χ1n) is 5.71. The first-order chi connectivity index (χ1) is 7.24. The number of rotatable bonds is 6. The smallest absolute Gasteiger partial charge is 0.129 e. The number of benzene rings is 1. The molecule has 0 aliphatic heterocycles. The van der Waals surface area contributed by atoms with Gasteiger partial charge in [-0.25, -0.2) is 0 Å². The van der Waals surface area contributed by atoms with Crippen molar-refractivity contribution >= 4 is 15.9 Å². The largest absolute Gasteiger partial charge is 0.507 e. The predicted octanol–water partition coefficient (Wildman–Crippen LogP) is 4.67. The van der Waals surface area contributed by atoms with E-state index in [1.807, 2.05) is 12.1 Å². The van der Waals surface area contributed by atoms with E-state index in [-0.39, 0.29) is 0 Å². The molecule has 0 atom stereocenters. The molecule has 84 valence electrons. The van der Waals surface area contributed by atoms with E-state index in [0.717, 1.165) is 10.9 Å². The maximum atomic E-state index is 9.34. The van der Waals surface area contributed by atoms with Crippen LogP contribution in [-0.4, -0.2) is 5.11 Å². The summed E-state index contributed by atoms with van der Waals surface area (Å²) in [6.45, 7) is 2.23. The third kappa shape index (κ3) is 4.70. The molecule has 0 bridgehead atoms. The highest BCUT2D eigenvalue weighted by molar-refractivity contribution is 9.10. The molecule has 2 heteroatoms. The fourth-order valence-electron chi connectivity index (χ4n) is 1.64. The van der Waals surface area contributed by atoms with Crippen LogP contribution in [0.25, 0.3) is 0 Å². The summed E-state index contributed by atoms with van der Waals surface area (Å²) in [6, 6.07) is 5.76. The van der Waals surface area contributed by atoms with Gasteiger partial charge in [0.05, 0.1) is 4.47 Å². The predicted molar refractivity (Wildman–Crippen MR) is 68.3 cm³/mol. The molecule has 0 amide bonds. The van der Waals surface area contributed by atoms with Crippen molar-refractivity contribution in [2.24, 2.45) is 0 Å². The minimum Gasteiger partial charge on any atom is -0.507 e. The molecule has 1 N–H and O–H groups in total. The molecule has 0 aliphatic carbocycles. The minimum absolute atomic E-state index is 0.324. The van der Waals surface area contributed by atoms with E-state index in [1.165, 1.54) is 37.7 Å². The van der Waals surface area contributed by atoms with Crippen molar-refractivity contribution in [3.63, 3.8) is 0 Å². The first-order valence-corrected chi connectivity index (χ1v) is 6.50. The maximum Gasteiger partial charge on any atom is 0.129 e. The maximum absolute atomic E-state index is 9.34. The third-order valence-corrected chi connectivity index (χ3v) is 3.22. The van der Waals surface area contributed by atoms with Crippen LogP contribution in [0.1, 0.15) is 44.6 Å². The van der Waals surface area contributed by atoms with Gasteiger partial charge in [0.25, 0.3) is 0 Å². The molecule has 0 saturated heterocycles. The summed E-state index contributed by atoms with van der Waals surface area (Å²) in [7, 11) is 0. The molecule has 0 saturated carbocycles. The fraction of sp³-hybridized carbons (Fsp3) is 0.538. The van der Waals surface area contributed by atoms with Crippen LogP contribution in [0.3, 0.4) is 0 Å². The summed E-state index contributed by atoms with van der Waals surface area (Å²) in [5.41, 5.74) is 1.30. The quantitative estimate of drug-likeness (QED) is 0.745. The van der Waals surface area contributed by atoms with Crippen molar-refractivity contribution in [3.05, 3.63) is 28.2 Å². The van der Waals surface area contributed by atoms with Crippen LogP contribution in [0.4, 0.5) is 0 Å². The van der Waals surface area contributed by atoms with Gasteiger partial charge in [0.2, 0.25) is 0 Å². The van der Waals surface area contributed by atoms with Gasteiger partial charge in [-0.3, -0.25) is 0 Å². The molecular weight excluding hydrogens is 252 g/mol. The molecule has 0 unspecified atom stereocenters. The highest BCUT2D eigenvalue weighted by atomic mass is 79.9. The summed E-state index contributed by atoms with van der Waals surface area (Å²) in [6.07, 6.45) is 7.66. The fourth-order valence-corrected chi connectivity index (χ4v) is 2.06. The van der Waals surface area contributed by atoms with E-state index in [4.69, 9.17) is 0 Å². The van der Waals surface area contributed by atoms with Crippen molar-refractivity contribution in [1.82, 2.24) is 0 Å². The SMILES string of the molecule is CCCCCCCc1ccc(O)c(Br)c1. The van der Waals surface area contributed by atoms with E-state index >= 15 is 0 Å². The number of halogens is 1. The summed E-state index contributed by atoms with van der Waals surface area (Å²) >= 11 is 3.33. The molecule has 15 heavy (non-hydrogen) atoms. The Hall–Kier alpha value is -0.500. The number of hydrogen-bond acceptors (Lipinski definition) is 1. The van der Waals surface area contributed by atoms with E-state index in [0.29, 0.717) is 5.75 Å². The zero-order valence-corrected chi connectivity index (χ0v) is 10.9. The van der Waals surface area contributed by atoms with Crippen LogP contribution >= 0.6 is 15.9 Å². The third-order valence-electron chi connectivity index (χ3n) is 2.58. The van der Waals surface area contributed by atoms with Crippen molar-refractivity contribution in [2.45, 2.75) is 45.4 Å². The van der Waals surface area contributed by atoms with Crippen molar-refractivity contribution in [1.29, 1.82) is 0 Å². The van der Waals surface area contributed by atoms with Crippen LogP contribution < -0.4 is 0 Å². The van der Waals surface area contributed by atoms with Gasteiger partial charge in [0.1, 0.15) is 5.75 Å². The van der Waals surface area contributed by atoms with Crippen molar-refractivity contribution in [3.8, 4) is 5.75 Å². The molecule has 1 rings (SSSR count). The molecule has 1 nitrogen and oxygen atoms in total. The second-order valence-corrected chi connectivity index (χ2v) is 4.80. The lowest BCUT2D eigenvalue weighted by Gasteiger charge is -2.03. The van der Waals surface area contributed by atoms with E-state index in [9.17, 15) is 5.11 Å². The van der Waals surface area contributed by atoms with Gasteiger partial charge in [0, 0.05) is 0 Å². The van der Waals surface area contributed by atoms with Gasteiger partial charge in [0.15, 0.2) is 0 Å². The number of aromatic hydroxyl groups is 1. The molecule has 0 heterocycles. The normalized spacial score (nSPS) is 10.5. The van der Waals surface area contributed by atoms with Crippen LogP contribution in [0.15, 0.2) is 22.7 Å². The van der Waals surface area contributed by atoms with Crippen LogP contribution in [-0.2, 0) is 6.42 Å². The number of phenolic OH excluding ortho intramolecular Hbond substituents is 1. The Morgan fingerprint density at radius 2 is 1.87 bits per heavy atom. The number of hydrogen-bond donors (Lipinski definition) is 1. The van der Waals surface area contributed by atoms with Gasteiger partial charge in [-0.05, 0) is 46.5 Å².